The number of hydrogen-bond donors (Lipinski definition) is 3. The number of para-hydroxylation sites is 1. The highest BCUT2D eigenvalue weighted by Gasteiger charge is 2.22. The third kappa shape index (κ3) is 5.52. The van der Waals surface area contributed by atoms with Gasteiger partial charge in [-0.3, -0.25) is 4.79 Å². The second kappa shape index (κ2) is 9.71. The number of carbonyl (C=O) groups is 2. The summed E-state index contributed by atoms with van der Waals surface area (Å²) in [5, 5.41) is 6.63. The predicted octanol–water partition coefficient (Wildman–Crippen LogP) is 3.13. The number of hydrogen-bond acceptors (Lipinski definition) is 3. The molecule has 0 bridgehead atoms. The number of H-pyrrole nitrogens is 1. The molecule has 6 heteroatoms. The van der Waals surface area contributed by atoms with Crippen molar-refractivity contribution in [2.75, 3.05) is 13.2 Å². The summed E-state index contributed by atoms with van der Waals surface area (Å²) >= 11 is 0. The quantitative estimate of drug-likeness (QED) is 0.611. The Hall–Kier alpha value is -2.50. The van der Waals surface area contributed by atoms with Crippen LogP contribution in [0.1, 0.15) is 38.7 Å². The molecule has 1 heterocycles. The van der Waals surface area contributed by atoms with E-state index in [9.17, 15) is 9.59 Å². The van der Waals surface area contributed by atoms with Crippen LogP contribution < -0.4 is 10.6 Å². The van der Waals surface area contributed by atoms with Gasteiger partial charge in [0, 0.05) is 30.1 Å². The van der Waals surface area contributed by atoms with E-state index in [1.807, 2.05) is 30.5 Å². The maximum atomic E-state index is 12.5. The molecule has 0 radical (unpaired) electrons. The lowest BCUT2D eigenvalue weighted by Crippen LogP contribution is -2.48. The van der Waals surface area contributed by atoms with Gasteiger partial charge in [-0.1, -0.05) is 38.0 Å². The van der Waals surface area contributed by atoms with Gasteiger partial charge in [-0.2, -0.15) is 0 Å². The summed E-state index contributed by atoms with van der Waals surface area (Å²) in [5.74, 6) is -0.186. The summed E-state index contributed by atoms with van der Waals surface area (Å²) in [6, 6.07) is 7.23. The number of aromatic nitrogens is 1. The van der Waals surface area contributed by atoms with Crippen molar-refractivity contribution in [2.24, 2.45) is 0 Å². The van der Waals surface area contributed by atoms with E-state index >= 15 is 0 Å². The topological polar surface area (TPSA) is 83.2 Å². The van der Waals surface area contributed by atoms with Gasteiger partial charge in [0.05, 0.1) is 6.61 Å². The fraction of sp³-hybridized carbons (Fsp3) is 0.474. The summed E-state index contributed by atoms with van der Waals surface area (Å²) in [6.45, 7) is 4.73. The molecule has 25 heavy (non-hydrogen) atoms. The number of alkyl carbamates (subject to hydrolysis) is 1. The van der Waals surface area contributed by atoms with Crippen LogP contribution in [0.5, 0.6) is 0 Å². The number of carbonyl (C=O) groups excluding carboxylic acids is 2. The summed E-state index contributed by atoms with van der Waals surface area (Å²) in [7, 11) is 0. The number of rotatable bonds is 9. The standard InChI is InChI=1S/C19H27N3O3/c1-3-5-8-11-20-18(23)17(22-19(24)25-4-2)12-14-13-21-16-10-7-6-9-15(14)16/h6-7,9-10,13,17,21H,3-5,8,11-12H2,1-2H3,(H,20,23)(H,22,24)/t17-/m1/s1. The number of benzene rings is 1. The monoisotopic (exact) mass is 345 g/mol. The first-order valence-electron chi connectivity index (χ1n) is 8.91. The second-order valence-corrected chi connectivity index (χ2v) is 5.98. The highest BCUT2D eigenvalue weighted by Crippen LogP contribution is 2.19. The van der Waals surface area contributed by atoms with Gasteiger partial charge in [0.15, 0.2) is 0 Å². The molecular formula is C19H27N3O3. The zero-order valence-corrected chi connectivity index (χ0v) is 14.9. The van der Waals surface area contributed by atoms with Gasteiger partial charge in [-0.05, 0) is 25.0 Å². The Morgan fingerprint density at radius 3 is 2.76 bits per heavy atom. The molecule has 2 aromatic rings. The summed E-state index contributed by atoms with van der Waals surface area (Å²) < 4.78 is 4.93. The molecule has 2 rings (SSSR count). The normalized spacial score (nSPS) is 11.9. The number of aromatic amines is 1. The van der Waals surface area contributed by atoms with Crippen molar-refractivity contribution in [3.8, 4) is 0 Å². The fourth-order valence-corrected chi connectivity index (χ4v) is 2.75. The molecule has 6 nitrogen and oxygen atoms in total. The highest BCUT2D eigenvalue weighted by atomic mass is 16.5. The Balaban J connectivity index is 2.07. The fourth-order valence-electron chi connectivity index (χ4n) is 2.75. The molecule has 1 aromatic carbocycles. The van der Waals surface area contributed by atoms with E-state index in [4.69, 9.17) is 4.74 Å². The van der Waals surface area contributed by atoms with Gasteiger partial charge in [-0.25, -0.2) is 4.79 Å². The average Bonchev–Trinajstić information content (AvgIpc) is 3.01. The molecule has 0 aliphatic heterocycles. The summed E-state index contributed by atoms with van der Waals surface area (Å²) in [4.78, 5) is 27.5. The minimum atomic E-state index is -0.667. The molecule has 0 aliphatic carbocycles. The Kier molecular flexibility index (Phi) is 7.32. The SMILES string of the molecule is CCCCCNC(=O)[C@@H](Cc1c[nH]c2ccccc12)NC(=O)OCC. The number of amides is 2. The molecule has 0 unspecified atom stereocenters. The van der Waals surface area contributed by atoms with Crippen molar-refractivity contribution in [3.63, 3.8) is 0 Å². The maximum absolute atomic E-state index is 12.5. The Bertz CT molecular complexity index is 696. The molecule has 3 N–H and O–H groups in total. The lowest BCUT2D eigenvalue weighted by atomic mass is 10.0. The number of fused-ring (bicyclic) bond motifs is 1. The third-order valence-electron chi connectivity index (χ3n) is 4.06. The molecule has 0 saturated carbocycles. The molecule has 2 amide bonds. The van der Waals surface area contributed by atoms with Crippen LogP contribution in [0.4, 0.5) is 4.79 Å². The van der Waals surface area contributed by atoms with Crippen molar-refractivity contribution < 1.29 is 14.3 Å². The van der Waals surface area contributed by atoms with Crippen LogP contribution in [0, 0.1) is 0 Å². The van der Waals surface area contributed by atoms with Gasteiger partial charge in [-0.15, -0.1) is 0 Å². The molecule has 136 valence electrons. The summed E-state index contributed by atoms with van der Waals surface area (Å²) in [5.41, 5.74) is 2.00. The Morgan fingerprint density at radius 2 is 2.00 bits per heavy atom. The van der Waals surface area contributed by atoms with E-state index in [0.717, 1.165) is 35.7 Å². The van der Waals surface area contributed by atoms with Crippen molar-refractivity contribution in [1.82, 2.24) is 15.6 Å². The van der Waals surface area contributed by atoms with E-state index < -0.39 is 12.1 Å². The first-order chi connectivity index (χ1) is 12.2. The zero-order valence-electron chi connectivity index (χ0n) is 14.9. The number of nitrogens with one attached hydrogen (secondary N) is 3. The zero-order chi connectivity index (χ0) is 18.1. The molecular weight excluding hydrogens is 318 g/mol. The average molecular weight is 345 g/mol. The van der Waals surface area contributed by atoms with Crippen molar-refractivity contribution in [2.45, 2.75) is 45.6 Å². The van der Waals surface area contributed by atoms with Crippen LogP contribution in [0.25, 0.3) is 10.9 Å². The van der Waals surface area contributed by atoms with Gasteiger partial charge in [0.2, 0.25) is 5.91 Å². The van der Waals surface area contributed by atoms with Gasteiger partial charge >= 0.3 is 6.09 Å². The van der Waals surface area contributed by atoms with E-state index in [1.165, 1.54) is 0 Å². The second-order valence-electron chi connectivity index (χ2n) is 5.98. The van der Waals surface area contributed by atoms with Crippen LogP contribution >= 0.6 is 0 Å². The van der Waals surface area contributed by atoms with Crippen LogP contribution in [0.15, 0.2) is 30.5 Å². The number of unbranched alkanes of at least 4 members (excludes halogenated alkanes) is 2. The first kappa shape index (κ1) is 18.8. The molecule has 1 aromatic heterocycles. The lowest BCUT2D eigenvalue weighted by Gasteiger charge is -2.18. The largest absolute Gasteiger partial charge is 0.450 e. The van der Waals surface area contributed by atoms with Gasteiger partial charge in [0.1, 0.15) is 6.04 Å². The van der Waals surface area contributed by atoms with Crippen LogP contribution in [0.3, 0.4) is 0 Å². The smallest absolute Gasteiger partial charge is 0.407 e. The van der Waals surface area contributed by atoms with Gasteiger partial charge < -0.3 is 20.4 Å². The van der Waals surface area contributed by atoms with E-state index in [1.54, 1.807) is 6.92 Å². The van der Waals surface area contributed by atoms with Crippen molar-refractivity contribution in [1.29, 1.82) is 0 Å². The summed E-state index contributed by atoms with van der Waals surface area (Å²) in [6.07, 6.45) is 4.81. The maximum Gasteiger partial charge on any atom is 0.407 e. The molecule has 0 fully saturated rings. The Labute approximate surface area is 148 Å². The molecule has 1 atom stereocenters. The van der Waals surface area contributed by atoms with Crippen LogP contribution in [-0.2, 0) is 16.0 Å². The van der Waals surface area contributed by atoms with E-state index in [0.29, 0.717) is 13.0 Å². The van der Waals surface area contributed by atoms with Crippen molar-refractivity contribution >= 4 is 22.9 Å². The molecule has 0 aliphatic rings. The van der Waals surface area contributed by atoms with Crippen LogP contribution in [0.2, 0.25) is 0 Å². The van der Waals surface area contributed by atoms with E-state index in [2.05, 4.69) is 22.5 Å². The van der Waals surface area contributed by atoms with Gasteiger partial charge in [0.25, 0.3) is 0 Å². The minimum Gasteiger partial charge on any atom is -0.450 e. The van der Waals surface area contributed by atoms with Crippen molar-refractivity contribution in [3.05, 3.63) is 36.0 Å². The van der Waals surface area contributed by atoms with Crippen LogP contribution in [-0.4, -0.2) is 36.2 Å². The first-order valence-corrected chi connectivity index (χ1v) is 8.91. The molecule has 0 saturated heterocycles. The third-order valence-corrected chi connectivity index (χ3v) is 4.06. The van der Waals surface area contributed by atoms with E-state index in [-0.39, 0.29) is 12.5 Å². The predicted molar refractivity (Wildman–Crippen MR) is 98.5 cm³/mol. The highest BCUT2D eigenvalue weighted by molar-refractivity contribution is 5.88. The Morgan fingerprint density at radius 1 is 1.20 bits per heavy atom. The minimum absolute atomic E-state index is 0.186. The number of ether oxygens (including phenoxy) is 1. The molecule has 0 spiro atoms. The lowest BCUT2D eigenvalue weighted by molar-refractivity contribution is -0.123.